The summed E-state index contributed by atoms with van der Waals surface area (Å²) in [5.41, 5.74) is 2.14. The molecular weight excluding hydrogens is 529 g/mol. The van der Waals surface area contributed by atoms with Gasteiger partial charge in [-0.1, -0.05) is 48.5 Å². The van der Waals surface area contributed by atoms with Crippen LogP contribution >= 0.6 is 0 Å². The number of para-hydroxylation sites is 1. The normalized spacial score (nSPS) is 11.7. The van der Waals surface area contributed by atoms with Gasteiger partial charge in [0.2, 0.25) is 0 Å². The largest absolute Gasteiger partial charge is 0.488 e. The summed E-state index contributed by atoms with van der Waals surface area (Å²) < 4.78 is 70.2. The lowest BCUT2D eigenvalue weighted by molar-refractivity contribution is -0.137. The van der Waals surface area contributed by atoms with Gasteiger partial charge in [-0.3, -0.25) is 9.78 Å². The first kappa shape index (κ1) is 27.8. The van der Waals surface area contributed by atoms with E-state index >= 15 is 0 Å². The molecule has 39 heavy (non-hydrogen) atoms. The van der Waals surface area contributed by atoms with Crippen molar-refractivity contribution < 1.29 is 31.1 Å². The molecule has 1 heterocycles. The third-order valence-corrected chi connectivity index (χ3v) is 6.99. The van der Waals surface area contributed by atoms with Gasteiger partial charge in [0.05, 0.1) is 10.5 Å². The molecule has 0 aliphatic carbocycles. The molecule has 0 spiro atoms. The number of carbonyl (C=O) groups is 1. The maximum atomic E-state index is 13.4. The molecule has 0 bridgehead atoms. The van der Waals surface area contributed by atoms with Gasteiger partial charge >= 0.3 is 6.18 Å². The Labute approximate surface area is 224 Å². The summed E-state index contributed by atoms with van der Waals surface area (Å²) in [4.78, 5) is 16.6. The van der Waals surface area contributed by atoms with E-state index in [-0.39, 0.29) is 6.54 Å². The fourth-order valence-electron chi connectivity index (χ4n) is 3.92. The maximum absolute atomic E-state index is 13.4. The molecule has 0 saturated heterocycles. The molecule has 202 valence electrons. The minimum absolute atomic E-state index is 0.0705. The molecule has 4 aromatic rings. The topological polar surface area (TPSA) is 85.4 Å². The number of nitrogens with one attached hydrogen (secondary N) is 1. The SMILES string of the molecule is Cc1cc(-c2ccccc2OCc2ccccc2)c(CNC(=O)c2cc(C(F)(F)F)cc(S(C)(=O)=O)c2)cn1. The molecule has 3 aromatic carbocycles. The Bertz CT molecular complexity index is 1600. The van der Waals surface area contributed by atoms with Crippen LogP contribution in [0.2, 0.25) is 0 Å². The zero-order valence-corrected chi connectivity index (χ0v) is 21.9. The molecule has 0 saturated carbocycles. The lowest BCUT2D eigenvalue weighted by Gasteiger charge is -2.16. The summed E-state index contributed by atoms with van der Waals surface area (Å²) in [5, 5.41) is 2.60. The molecule has 1 N–H and O–H groups in total. The third kappa shape index (κ3) is 7.02. The lowest BCUT2D eigenvalue weighted by Crippen LogP contribution is -2.24. The zero-order chi connectivity index (χ0) is 28.2. The number of halogens is 3. The summed E-state index contributed by atoms with van der Waals surface area (Å²) in [6.45, 7) is 2.08. The number of carbonyl (C=O) groups excluding carboxylic acids is 1. The number of ether oxygens (including phenoxy) is 1. The van der Waals surface area contributed by atoms with Crippen molar-refractivity contribution >= 4 is 15.7 Å². The van der Waals surface area contributed by atoms with Crippen LogP contribution < -0.4 is 10.1 Å². The summed E-state index contributed by atoms with van der Waals surface area (Å²) in [5.74, 6) is -0.249. The summed E-state index contributed by atoms with van der Waals surface area (Å²) >= 11 is 0. The second-order valence-electron chi connectivity index (χ2n) is 8.95. The molecule has 0 atom stereocenters. The predicted octanol–water partition coefficient (Wildman–Crippen LogP) is 5.99. The van der Waals surface area contributed by atoms with E-state index < -0.39 is 37.9 Å². The van der Waals surface area contributed by atoms with Gasteiger partial charge in [0.25, 0.3) is 5.91 Å². The van der Waals surface area contributed by atoms with Crippen molar-refractivity contribution in [3.05, 3.63) is 113 Å². The molecule has 0 aliphatic rings. The van der Waals surface area contributed by atoms with Crippen LogP contribution in [0.25, 0.3) is 11.1 Å². The van der Waals surface area contributed by atoms with Crippen LogP contribution in [0.1, 0.15) is 32.7 Å². The Morgan fingerprint density at radius 3 is 2.33 bits per heavy atom. The Hall–Kier alpha value is -4.18. The standard InChI is InChI=1S/C29H25F3N2O4S/c1-19-12-26(25-10-6-7-11-27(25)38-18-20-8-4-3-5-9-20)22(16-33-19)17-34-28(35)21-13-23(29(30,31)32)15-24(14-21)39(2,36)37/h3-16H,17-18H2,1-2H3,(H,34,35). The van der Waals surface area contributed by atoms with Gasteiger partial charge < -0.3 is 10.1 Å². The highest BCUT2D eigenvalue weighted by atomic mass is 32.2. The average molecular weight is 555 g/mol. The van der Waals surface area contributed by atoms with E-state index in [1.807, 2.05) is 67.6 Å². The van der Waals surface area contributed by atoms with Gasteiger partial charge in [-0.05, 0) is 53.9 Å². The van der Waals surface area contributed by atoms with Crippen molar-refractivity contribution in [3.8, 4) is 16.9 Å². The number of sulfone groups is 1. The quantitative estimate of drug-likeness (QED) is 0.289. The number of hydrogen-bond acceptors (Lipinski definition) is 5. The first-order valence-electron chi connectivity index (χ1n) is 11.8. The van der Waals surface area contributed by atoms with Crippen LogP contribution in [0.4, 0.5) is 13.2 Å². The second kappa shape index (κ2) is 11.3. The summed E-state index contributed by atoms with van der Waals surface area (Å²) in [6.07, 6.45) is -2.47. The number of aryl methyl sites for hydroxylation is 1. The van der Waals surface area contributed by atoms with Gasteiger partial charge in [0.15, 0.2) is 9.84 Å². The van der Waals surface area contributed by atoms with E-state index in [0.29, 0.717) is 35.7 Å². The summed E-state index contributed by atoms with van der Waals surface area (Å²) in [6, 6.07) is 20.9. The molecular formula is C29H25F3N2O4S. The van der Waals surface area contributed by atoms with Crippen LogP contribution in [-0.2, 0) is 29.2 Å². The van der Waals surface area contributed by atoms with Crippen molar-refractivity contribution in [2.24, 2.45) is 0 Å². The van der Waals surface area contributed by atoms with Crippen molar-refractivity contribution in [1.29, 1.82) is 0 Å². The molecule has 0 aliphatic heterocycles. The molecule has 0 radical (unpaired) electrons. The molecule has 1 amide bonds. The first-order valence-corrected chi connectivity index (χ1v) is 13.7. The minimum Gasteiger partial charge on any atom is -0.488 e. The Morgan fingerprint density at radius 1 is 0.949 bits per heavy atom. The predicted molar refractivity (Wildman–Crippen MR) is 141 cm³/mol. The van der Waals surface area contributed by atoms with Gasteiger partial charge in [-0.2, -0.15) is 13.2 Å². The Kier molecular flexibility index (Phi) is 8.06. The van der Waals surface area contributed by atoms with Crippen LogP contribution in [0.15, 0.2) is 90.0 Å². The van der Waals surface area contributed by atoms with E-state index in [1.54, 1.807) is 6.20 Å². The van der Waals surface area contributed by atoms with E-state index in [9.17, 15) is 26.4 Å². The highest BCUT2D eigenvalue weighted by Gasteiger charge is 2.33. The minimum atomic E-state index is -4.83. The highest BCUT2D eigenvalue weighted by molar-refractivity contribution is 7.90. The Balaban J connectivity index is 1.62. The lowest BCUT2D eigenvalue weighted by atomic mass is 9.99. The molecule has 0 unspecified atom stereocenters. The molecule has 0 fully saturated rings. The van der Waals surface area contributed by atoms with Gasteiger partial charge in [-0.15, -0.1) is 0 Å². The average Bonchev–Trinajstić information content (AvgIpc) is 2.90. The molecule has 10 heteroatoms. The zero-order valence-electron chi connectivity index (χ0n) is 21.1. The monoisotopic (exact) mass is 554 g/mol. The van der Waals surface area contributed by atoms with Crippen molar-refractivity contribution in [1.82, 2.24) is 10.3 Å². The van der Waals surface area contributed by atoms with E-state index in [0.717, 1.165) is 29.0 Å². The number of amides is 1. The van der Waals surface area contributed by atoms with Gasteiger partial charge in [0, 0.05) is 35.8 Å². The number of benzene rings is 3. The van der Waals surface area contributed by atoms with Gasteiger partial charge in [-0.25, -0.2) is 8.42 Å². The van der Waals surface area contributed by atoms with Crippen LogP contribution in [-0.4, -0.2) is 25.6 Å². The van der Waals surface area contributed by atoms with Crippen molar-refractivity contribution in [2.75, 3.05) is 6.26 Å². The summed E-state index contributed by atoms with van der Waals surface area (Å²) in [7, 11) is -3.99. The van der Waals surface area contributed by atoms with Crippen LogP contribution in [0.3, 0.4) is 0 Å². The van der Waals surface area contributed by atoms with Crippen molar-refractivity contribution in [2.45, 2.75) is 31.1 Å². The number of alkyl halides is 3. The number of hydrogen-bond donors (Lipinski definition) is 1. The van der Waals surface area contributed by atoms with E-state index in [2.05, 4.69) is 10.3 Å². The Morgan fingerprint density at radius 2 is 1.64 bits per heavy atom. The number of aromatic nitrogens is 1. The van der Waals surface area contributed by atoms with Gasteiger partial charge in [0.1, 0.15) is 12.4 Å². The molecule has 4 rings (SSSR count). The smallest absolute Gasteiger partial charge is 0.416 e. The number of pyridine rings is 1. The first-order chi connectivity index (χ1) is 18.4. The van der Waals surface area contributed by atoms with Crippen LogP contribution in [0, 0.1) is 6.92 Å². The fourth-order valence-corrected chi connectivity index (χ4v) is 4.60. The molecule has 6 nitrogen and oxygen atoms in total. The fraction of sp³-hybridized carbons (Fsp3) is 0.172. The maximum Gasteiger partial charge on any atom is 0.416 e. The van der Waals surface area contributed by atoms with E-state index in [1.165, 1.54) is 0 Å². The van der Waals surface area contributed by atoms with Crippen molar-refractivity contribution in [3.63, 3.8) is 0 Å². The third-order valence-electron chi connectivity index (χ3n) is 5.90. The molecule has 1 aromatic heterocycles. The number of rotatable bonds is 8. The highest BCUT2D eigenvalue weighted by Crippen LogP contribution is 2.34. The number of nitrogens with zero attached hydrogens (tertiary/aromatic N) is 1. The van der Waals surface area contributed by atoms with E-state index in [4.69, 9.17) is 4.74 Å². The van der Waals surface area contributed by atoms with Crippen LogP contribution in [0.5, 0.6) is 5.75 Å². The second-order valence-corrected chi connectivity index (χ2v) is 11.0.